The quantitative estimate of drug-likeness (QED) is 0.816. The lowest BCUT2D eigenvalue weighted by molar-refractivity contribution is -0.113. The average molecular weight is 290 g/mol. The number of anilines is 2. The largest absolute Gasteiger partial charge is 0.495 e. The van der Waals surface area contributed by atoms with Gasteiger partial charge in [0.2, 0.25) is 5.91 Å². The van der Waals surface area contributed by atoms with Crippen LogP contribution in [0.3, 0.4) is 0 Å². The summed E-state index contributed by atoms with van der Waals surface area (Å²) < 4.78 is 5.16. The van der Waals surface area contributed by atoms with Crippen molar-refractivity contribution in [2.24, 2.45) is 0 Å². The number of benzene rings is 1. The SMILES string of the molecule is COc1ccccc1NC(=O)CSc1nccnc1N. The third kappa shape index (κ3) is 3.61. The van der Waals surface area contributed by atoms with E-state index < -0.39 is 0 Å². The number of carbonyl (C=O) groups excluding carboxylic acids is 1. The number of nitrogens with two attached hydrogens (primary N) is 1. The molecule has 2 rings (SSSR count). The van der Waals surface area contributed by atoms with Crippen molar-refractivity contribution in [3.63, 3.8) is 0 Å². The van der Waals surface area contributed by atoms with Crippen LogP contribution < -0.4 is 15.8 Å². The van der Waals surface area contributed by atoms with Crippen molar-refractivity contribution >= 4 is 29.2 Å². The first-order valence-electron chi connectivity index (χ1n) is 5.83. The second kappa shape index (κ2) is 6.76. The smallest absolute Gasteiger partial charge is 0.234 e. The average Bonchev–Trinajstić information content (AvgIpc) is 2.47. The molecule has 1 heterocycles. The van der Waals surface area contributed by atoms with Crippen LogP contribution in [0.15, 0.2) is 41.7 Å². The Bertz CT molecular complexity index is 606. The maximum absolute atomic E-state index is 11.9. The summed E-state index contributed by atoms with van der Waals surface area (Å²) in [5.41, 5.74) is 6.29. The Balaban J connectivity index is 1.95. The van der Waals surface area contributed by atoms with E-state index in [0.29, 0.717) is 22.3 Å². The van der Waals surface area contributed by atoms with Gasteiger partial charge in [-0.2, -0.15) is 0 Å². The number of amides is 1. The lowest BCUT2D eigenvalue weighted by atomic mass is 10.3. The molecule has 3 N–H and O–H groups in total. The number of methoxy groups -OCH3 is 1. The van der Waals surface area contributed by atoms with Crippen LogP contribution >= 0.6 is 11.8 Å². The van der Waals surface area contributed by atoms with Gasteiger partial charge in [-0.1, -0.05) is 23.9 Å². The summed E-state index contributed by atoms with van der Waals surface area (Å²) in [5, 5.41) is 3.32. The van der Waals surface area contributed by atoms with E-state index in [0.717, 1.165) is 0 Å². The minimum absolute atomic E-state index is 0.162. The van der Waals surface area contributed by atoms with Crippen LogP contribution in [-0.4, -0.2) is 28.7 Å². The van der Waals surface area contributed by atoms with Gasteiger partial charge < -0.3 is 15.8 Å². The number of nitrogens with zero attached hydrogens (tertiary/aromatic N) is 2. The van der Waals surface area contributed by atoms with Gasteiger partial charge >= 0.3 is 0 Å². The summed E-state index contributed by atoms with van der Waals surface area (Å²) in [6.07, 6.45) is 3.05. The molecule has 2 aromatic rings. The standard InChI is InChI=1S/C13H14N4O2S/c1-19-10-5-3-2-4-9(10)17-11(18)8-20-13-12(14)15-6-7-16-13/h2-7H,8H2,1H3,(H2,14,15)(H,17,18). The molecule has 0 aliphatic rings. The maximum Gasteiger partial charge on any atom is 0.234 e. The molecule has 7 heteroatoms. The van der Waals surface area contributed by atoms with Gasteiger partial charge in [0, 0.05) is 12.4 Å². The number of aromatic nitrogens is 2. The summed E-state index contributed by atoms with van der Waals surface area (Å²) in [6.45, 7) is 0. The van der Waals surface area contributed by atoms with E-state index in [2.05, 4.69) is 15.3 Å². The van der Waals surface area contributed by atoms with Gasteiger partial charge in [-0.15, -0.1) is 0 Å². The summed E-state index contributed by atoms with van der Waals surface area (Å²) >= 11 is 1.24. The van der Waals surface area contributed by atoms with E-state index in [1.165, 1.54) is 24.2 Å². The molecule has 6 nitrogen and oxygen atoms in total. The Hall–Kier alpha value is -2.28. The van der Waals surface area contributed by atoms with Crippen molar-refractivity contribution in [2.45, 2.75) is 5.03 Å². The van der Waals surface area contributed by atoms with Gasteiger partial charge in [-0.05, 0) is 12.1 Å². The Labute approximate surface area is 120 Å². The summed E-state index contributed by atoms with van der Waals surface area (Å²) in [7, 11) is 1.56. The van der Waals surface area contributed by atoms with E-state index in [4.69, 9.17) is 10.5 Å². The first-order chi connectivity index (χ1) is 9.70. The maximum atomic E-state index is 11.9. The molecule has 0 spiro atoms. The first-order valence-corrected chi connectivity index (χ1v) is 6.81. The molecule has 0 atom stereocenters. The number of hydrogen-bond donors (Lipinski definition) is 2. The molecule has 0 saturated carbocycles. The van der Waals surface area contributed by atoms with Crippen LogP contribution in [0, 0.1) is 0 Å². The van der Waals surface area contributed by atoms with Crippen LogP contribution in [0.2, 0.25) is 0 Å². The molecule has 0 aliphatic heterocycles. The zero-order chi connectivity index (χ0) is 14.4. The van der Waals surface area contributed by atoms with Gasteiger partial charge in [-0.25, -0.2) is 9.97 Å². The Kier molecular flexibility index (Phi) is 4.78. The Morgan fingerprint density at radius 1 is 1.35 bits per heavy atom. The fraction of sp³-hybridized carbons (Fsp3) is 0.154. The molecule has 0 bridgehead atoms. The highest BCUT2D eigenvalue weighted by molar-refractivity contribution is 8.00. The highest BCUT2D eigenvalue weighted by Crippen LogP contribution is 2.24. The minimum Gasteiger partial charge on any atom is -0.495 e. The molecule has 0 saturated heterocycles. The lowest BCUT2D eigenvalue weighted by Gasteiger charge is -2.09. The van der Waals surface area contributed by atoms with Crippen molar-refractivity contribution in [2.75, 3.05) is 23.9 Å². The summed E-state index contributed by atoms with van der Waals surface area (Å²) in [4.78, 5) is 19.9. The van der Waals surface area contributed by atoms with E-state index in [-0.39, 0.29) is 11.7 Å². The lowest BCUT2D eigenvalue weighted by Crippen LogP contribution is -2.15. The van der Waals surface area contributed by atoms with Crippen molar-refractivity contribution < 1.29 is 9.53 Å². The fourth-order valence-electron chi connectivity index (χ4n) is 1.52. The highest BCUT2D eigenvalue weighted by atomic mass is 32.2. The third-order valence-corrected chi connectivity index (χ3v) is 3.41. The molecule has 20 heavy (non-hydrogen) atoms. The normalized spacial score (nSPS) is 10.1. The molecular formula is C13H14N4O2S. The number of carbonyl (C=O) groups is 1. The zero-order valence-corrected chi connectivity index (χ0v) is 11.7. The molecular weight excluding hydrogens is 276 g/mol. The fourth-order valence-corrected chi connectivity index (χ4v) is 2.19. The van der Waals surface area contributed by atoms with Gasteiger partial charge in [0.15, 0.2) is 5.82 Å². The molecule has 0 fully saturated rings. The van der Waals surface area contributed by atoms with Crippen LogP contribution in [0.5, 0.6) is 5.75 Å². The number of rotatable bonds is 5. The zero-order valence-electron chi connectivity index (χ0n) is 10.9. The number of hydrogen-bond acceptors (Lipinski definition) is 6. The minimum atomic E-state index is -0.162. The number of ether oxygens (including phenoxy) is 1. The van der Waals surface area contributed by atoms with Gasteiger partial charge in [-0.3, -0.25) is 4.79 Å². The molecule has 1 amide bonds. The van der Waals surface area contributed by atoms with Gasteiger partial charge in [0.25, 0.3) is 0 Å². The topological polar surface area (TPSA) is 90.1 Å². The monoisotopic (exact) mass is 290 g/mol. The predicted octanol–water partition coefficient (Wildman–Crippen LogP) is 1.80. The number of nitrogens with one attached hydrogen (secondary N) is 1. The number of para-hydroxylation sites is 2. The number of thioether (sulfide) groups is 1. The molecule has 1 aromatic carbocycles. The highest BCUT2D eigenvalue weighted by Gasteiger charge is 2.09. The van der Waals surface area contributed by atoms with Crippen molar-refractivity contribution in [1.82, 2.24) is 9.97 Å². The van der Waals surface area contributed by atoms with Gasteiger partial charge in [0.1, 0.15) is 10.8 Å². The second-order valence-corrected chi connectivity index (χ2v) is 4.75. The summed E-state index contributed by atoms with van der Waals surface area (Å²) in [6, 6.07) is 7.22. The molecule has 0 unspecified atom stereocenters. The Morgan fingerprint density at radius 3 is 2.85 bits per heavy atom. The van der Waals surface area contributed by atoms with Crippen molar-refractivity contribution in [3.8, 4) is 5.75 Å². The van der Waals surface area contributed by atoms with E-state index in [9.17, 15) is 4.79 Å². The molecule has 104 valence electrons. The van der Waals surface area contributed by atoms with Crippen LogP contribution in [0.4, 0.5) is 11.5 Å². The predicted molar refractivity (Wildman–Crippen MR) is 78.8 cm³/mol. The van der Waals surface area contributed by atoms with E-state index in [1.54, 1.807) is 19.2 Å². The van der Waals surface area contributed by atoms with Gasteiger partial charge in [0.05, 0.1) is 18.6 Å². The Morgan fingerprint density at radius 2 is 2.10 bits per heavy atom. The van der Waals surface area contributed by atoms with E-state index in [1.807, 2.05) is 12.1 Å². The third-order valence-electron chi connectivity index (χ3n) is 2.41. The molecule has 0 radical (unpaired) electrons. The molecule has 1 aromatic heterocycles. The van der Waals surface area contributed by atoms with Crippen LogP contribution in [-0.2, 0) is 4.79 Å². The van der Waals surface area contributed by atoms with Crippen molar-refractivity contribution in [1.29, 1.82) is 0 Å². The second-order valence-electron chi connectivity index (χ2n) is 3.78. The van der Waals surface area contributed by atoms with E-state index >= 15 is 0 Å². The van der Waals surface area contributed by atoms with Crippen molar-refractivity contribution in [3.05, 3.63) is 36.7 Å². The first kappa shape index (κ1) is 14.1. The molecule has 0 aliphatic carbocycles. The summed E-state index contributed by atoms with van der Waals surface area (Å²) in [5.74, 6) is 0.970. The van der Waals surface area contributed by atoms with Crippen LogP contribution in [0.1, 0.15) is 0 Å². The number of nitrogen functional groups attached to an aromatic ring is 1. The van der Waals surface area contributed by atoms with Crippen LogP contribution in [0.25, 0.3) is 0 Å².